The van der Waals surface area contributed by atoms with Crippen molar-refractivity contribution in [3.8, 4) is 0 Å². The Hall–Kier alpha value is -0.200. The number of hydrogen-bond acceptors (Lipinski definition) is 5. The highest BCUT2D eigenvalue weighted by atomic mass is 16.6. The molecule has 0 bridgehead atoms. The summed E-state index contributed by atoms with van der Waals surface area (Å²) < 4.78 is 4.89. The first kappa shape index (κ1) is 9.80. The van der Waals surface area contributed by atoms with Crippen molar-refractivity contribution in [1.82, 2.24) is 0 Å². The van der Waals surface area contributed by atoms with Gasteiger partial charge in [0.15, 0.2) is 0 Å². The molecule has 0 radical (unpaired) electrons. The Morgan fingerprint density at radius 3 is 2.60 bits per heavy atom. The molecule has 0 aromatic carbocycles. The first-order valence-corrected chi connectivity index (χ1v) is 3.08. The van der Waals surface area contributed by atoms with Crippen LogP contribution in [0.2, 0.25) is 0 Å². The van der Waals surface area contributed by atoms with Crippen LogP contribution in [0.25, 0.3) is 0 Å². The third-order valence-electron chi connectivity index (χ3n) is 0.861. The molecule has 0 fully saturated rings. The molecule has 0 heterocycles. The second-order valence-corrected chi connectivity index (χ2v) is 1.85. The summed E-state index contributed by atoms with van der Waals surface area (Å²) in [6.45, 7) is 1.21. The number of hydrogen-bond donors (Lipinski definition) is 3. The second-order valence-electron chi connectivity index (χ2n) is 1.85. The first-order valence-electron chi connectivity index (χ1n) is 3.08. The highest BCUT2D eigenvalue weighted by Crippen LogP contribution is 1.83. The van der Waals surface area contributed by atoms with Gasteiger partial charge in [-0.15, -0.1) is 0 Å². The Morgan fingerprint density at radius 1 is 1.40 bits per heavy atom. The molecule has 0 aliphatic rings. The number of ether oxygens (including phenoxy) is 1. The molecule has 0 aliphatic heterocycles. The molecule has 5 N–H and O–H groups in total. The average Bonchev–Trinajstić information content (AvgIpc) is 1.89. The van der Waals surface area contributed by atoms with Gasteiger partial charge in [0.25, 0.3) is 0 Å². The van der Waals surface area contributed by atoms with Gasteiger partial charge < -0.3 is 20.4 Å². The quantitative estimate of drug-likeness (QED) is 0.307. The van der Waals surface area contributed by atoms with Crippen molar-refractivity contribution >= 4 is 0 Å². The molecule has 10 heavy (non-hydrogen) atoms. The van der Waals surface area contributed by atoms with E-state index < -0.39 is 6.10 Å². The van der Waals surface area contributed by atoms with Crippen molar-refractivity contribution in [3.05, 3.63) is 0 Å². The predicted octanol–water partition coefficient (Wildman–Crippen LogP) is -1.79. The monoisotopic (exact) mass is 150 g/mol. The first-order chi connectivity index (χ1) is 4.81. The standard InChI is InChI=1S/C5H14N2O3/c6-1-2-9-3-5(8)4-10-7/h5,8H,1-4,6-7H2. The van der Waals surface area contributed by atoms with E-state index in [-0.39, 0.29) is 13.2 Å². The SMILES string of the molecule is NCCOCC(O)CON. The lowest BCUT2D eigenvalue weighted by atomic mass is 10.4. The van der Waals surface area contributed by atoms with E-state index in [2.05, 4.69) is 4.84 Å². The third kappa shape index (κ3) is 5.93. The van der Waals surface area contributed by atoms with Gasteiger partial charge in [-0.1, -0.05) is 0 Å². The van der Waals surface area contributed by atoms with Crippen molar-refractivity contribution < 1.29 is 14.7 Å². The molecule has 0 saturated carbocycles. The summed E-state index contributed by atoms with van der Waals surface area (Å²) in [4.78, 5) is 4.17. The molecule has 0 aliphatic carbocycles. The van der Waals surface area contributed by atoms with Crippen molar-refractivity contribution in [3.63, 3.8) is 0 Å². The fourth-order valence-electron chi connectivity index (χ4n) is 0.462. The maximum atomic E-state index is 8.90. The number of aliphatic hydroxyl groups is 1. The van der Waals surface area contributed by atoms with Crippen LogP contribution < -0.4 is 11.6 Å². The topological polar surface area (TPSA) is 90.7 Å². The summed E-state index contributed by atoms with van der Waals surface area (Å²) in [5.74, 6) is 4.69. The summed E-state index contributed by atoms with van der Waals surface area (Å²) in [6.07, 6.45) is -0.656. The van der Waals surface area contributed by atoms with E-state index in [1.54, 1.807) is 0 Å². The van der Waals surface area contributed by atoms with E-state index >= 15 is 0 Å². The summed E-state index contributed by atoms with van der Waals surface area (Å²) in [5, 5.41) is 8.90. The van der Waals surface area contributed by atoms with Gasteiger partial charge in [0.05, 0.1) is 19.8 Å². The smallest absolute Gasteiger partial charge is 0.103 e. The zero-order valence-electron chi connectivity index (χ0n) is 5.82. The van der Waals surface area contributed by atoms with Crippen LogP contribution in [-0.2, 0) is 9.57 Å². The van der Waals surface area contributed by atoms with Gasteiger partial charge in [0.2, 0.25) is 0 Å². The van der Waals surface area contributed by atoms with Gasteiger partial charge in [0.1, 0.15) is 6.10 Å². The minimum Gasteiger partial charge on any atom is -0.388 e. The molecule has 5 nitrogen and oxygen atoms in total. The zero-order valence-corrected chi connectivity index (χ0v) is 5.82. The van der Waals surface area contributed by atoms with Crippen LogP contribution in [-0.4, -0.2) is 37.6 Å². The number of rotatable bonds is 6. The largest absolute Gasteiger partial charge is 0.388 e. The Labute approximate surface area is 59.9 Å². The lowest BCUT2D eigenvalue weighted by molar-refractivity contribution is -0.0177. The summed E-state index contributed by atoms with van der Waals surface area (Å²) in [5.41, 5.74) is 5.13. The summed E-state index contributed by atoms with van der Waals surface area (Å²) in [7, 11) is 0. The Balaban J connectivity index is 2.97. The maximum Gasteiger partial charge on any atom is 0.103 e. The molecule has 1 atom stereocenters. The van der Waals surface area contributed by atoms with E-state index in [4.69, 9.17) is 21.5 Å². The van der Waals surface area contributed by atoms with Crippen LogP contribution in [0.1, 0.15) is 0 Å². The molecule has 0 aromatic rings. The van der Waals surface area contributed by atoms with Crippen molar-refractivity contribution in [2.45, 2.75) is 6.10 Å². The lowest BCUT2D eigenvalue weighted by Gasteiger charge is -2.08. The van der Waals surface area contributed by atoms with Gasteiger partial charge in [-0.2, -0.15) is 0 Å². The molecule has 1 unspecified atom stereocenters. The molecular weight excluding hydrogens is 136 g/mol. The molecule has 0 saturated heterocycles. The van der Waals surface area contributed by atoms with Crippen LogP contribution in [0.5, 0.6) is 0 Å². The van der Waals surface area contributed by atoms with Gasteiger partial charge in [-0.3, -0.25) is 0 Å². The highest BCUT2D eigenvalue weighted by Gasteiger charge is 2.01. The van der Waals surface area contributed by atoms with Gasteiger partial charge in [0, 0.05) is 6.54 Å². The molecule has 0 rings (SSSR count). The van der Waals surface area contributed by atoms with Crippen LogP contribution >= 0.6 is 0 Å². The number of aliphatic hydroxyl groups excluding tert-OH is 1. The van der Waals surface area contributed by atoms with Crippen LogP contribution in [0, 0.1) is 0 Å². The van der Waals surface area contributed by atoms with Gasteiger partial charge in [-0.25, -0.2) is 5.90 Å². The number of nitrogens with two attached hydrogens (primary N) is 2. The molecule has 5 heteroatoms. The van der Waals surface area contributed by atoms with Crippen molar-refractivity contribution in [2.24, 2.45) is 11.6 Å². The average molecular weight is 150 g/mol. The van der Waals surface area contributed by atoms with Gasteiger partial charge >= 0.3 is 0 Å². The molecule has 0 aromatic heterocycles. The lowest BCUT2D eigenvalue weighted by Crippen LogP contribution is -2.24. The maximum absolute atomic E-state index is 8.90. The molecule has 0 spiro atoms. The van der Waals surface area contributed by atoms with E-state index in [0.29, 0.717) is 13.2 Å². The molecule has 0 amide bonds. The van der Waals surface area contributed by atoms with Gasteiger partial charge in [-0.05, 0) is 0 Å². The molecule has 62 valence electrons. The van der Waals surface area contributed by atoms with E-state index in [0.717, 1.165) is 0 Å². The van der Waals surface area contributed by atoms with Crippen LogP contribution in [0.3, 0.4) is 0 Å². The van der Waals surface area contributed by atoms with Crippen LogP contribution in [0.4, 0.5) is 0 Å². The Kier molecular flexibility index (Phi) is 6.78. The summed E-state index contributed by atoms with van der Waals surface area (Å²) in [6, 6.07) is 0. The fourth-order valence-corrected chi connectivity index (χ4v) is 0.462. The summed E-state index contributed by atoms with van der Waals surface area (Å²) >= 11 is 0. The Morgan fingerprint density at radius 2 is 2.10 bits per heavy atom. The van der Waals surface area contributed by atoms with E-state index in [1.165, 1.54) is 0 Å². The van der Waals surface area contributed by atoms with Crippen LogP contribution in [0.15, 0.2) is 0 Å². The van der Waals surface area contributed by atoms with Crippen molar-refractivity contribution in [1.29, 1.82) is 0 Å². The predicted molar refractivity (Wildman–Crippen MR) is 36.0 cm³/mol. The minimum atomic E-state index is -0.656. The van der Waals surface area contributed by atoms with E-state index in [1.807, 2.05) is 0 Å². The van der Waals surface area contributed by atoms with E-state index in [9.17, 15) is 0 Å². The Bertz CT molecular complexity index is 71.9. The fraction of sp³-hybridized carbons (Fsp3) is 1.00. The third-order valence-corrected chi connectivity index (χ3v) is 0.861. The minimum absolute atomic E-state index is 0.0879. The molecular formula is C5H14N2O3. The normalized spacial score (nSPS) is 13.5. The highest BCUT2D eigenvalue weighted by molar-refractivity contribution is 4.49. The zero-order chi connectivity index (χ0) is 7.82. The van der Waals surface area contributed by atoms with Crippen molar-refractivity contribution in [2.75, 3.05) is 26.4 Å². The second kappa shape index (κ2) is 6.91.